The average molecular weight is 358 g/mol. The molecule has 0 atom stereocenters. The Morgan fingerprint density at radius 2 is 2.00 bits per heavy atom. The summed E-state index contributed by atoms with van der Waals surface area (Å²) < 4.78 is 7.07. The summed E-state index contributed by atoms with van der Waals surface area (Å²) in [6, 6.07) is 17.7. The van der Waals surface area contributed by atoms with Gasteiger partial charge in [0.2, 0.25) is 0 Å². The van der Waals surface area contributed by atoms with Gasteiger partial charge in [0.15, 0.2) is 10.8 Å². The molecule has 0 spiro atoms. The van der Waals surface area contributed by atoms with Crippen LogP contribution in [0.15, 0.2) is 59.0 Å². The number of aryl methyl sites for hydroxylation is 1. The lowest BCUT2D eigenvalue weighted by atomic mass is 10.0. The molecule has 126 valence electrons. The van der Waals surface area contributed by atoms with Crippen molar-refractivity contribution in [1.82, 2.24) is 4.98 Å². The minimum Gasteiger partial charge on any atom is -0.454 e. The number of hydrogen-bond acceptors (Lipinski definition) is 4. The van der Waals surface area contributed by atoms with Crippen molar-refractivity contribution < 1.29 is 9.21 Å². The number of thiazole rings is 1. The molecular weight excluding hydrogens is 344 g/mol. The molecule has 0 saturated carbocycles. The van der Waals surface area contributed by atoms with Crippen LogP contribution in [0.1, 0.15) is 16.9 Å². The van der Waals surface area contributed by atoms with Crippen LogP contribution in [-0.2, 0) is 4.79 Å². The minimum absolute atomic E-state index is 0.108. The van der Waals surface area contributed by atoms with E-state index in [0.717, 1.165) is 32.0 Å². The van der Waals surface area contributed by atoms with Crippen LogP contribution in [0.25, 0.3) is 32.6 Å². The molecule has 2 aromatic heterocycles. The number of carbonyl (C=O) groups excluding carboxylic acids is 1. The van der Waals surface area contributed by atoms with Crippen LogP contribution in [0.4, 0.5) is 5.69 Å². The summed E-state index contributed by atoms with van der Waals surface area (Å²) in [5, 5.41) is 3.73. The van der Waals surface area contributed by atoms with Crippen molar-refractivity contribution in [3.8, 4) is 10.8 Å². The maximum Gasteiger partial charge on any atom is 0.256 e. The average Bonchev–Trinajstić information content (AvgIpc) is 3.33. The smallest absolute Gasteiger partial charge is 0.256 e. The normalized spacial score (nSPS) is 14.8. The lowest BCUT2D eigenvalue weighted by Gasteiger charge is -1.99. The Morgan fingerprint density at radius 1 is 1.12 bits per heavy atom. The Morgan fingerprint density at radius 3 is 2.88 bits per heavy atom. The van der Waals surface area contributed by atoms with Gasteiger partial charge in [-0.1, -0.05) is 23.8 Å². The standard InChI is InChI=1S/C21H14N2O2S/c1-12-6-8-16-14(10-12)15(20(24)22-16)11-13-7-9-18(25-13)21-23-17-4-2-3-5-19(17)26-21/h2-11H,1H3,(H,22,24)/b15-11+. The zero-order valence-electron chi connectivity index (χ0n) is 13.9. The lowest BCUT2D eigenvalue weighted by Crippen LogP contribution is -2.03. The Kier molecular flexibility index (Phi) is 3.30. The van der Waals surface area contributed by atoms with Gasteiger partial charge in [0.05, 0.1) is 15.8 Å². The van der Waals surface area contributed by atoms with E-state index in [9.17, 15) is 4.79 Å². The number of benzene rings is 2. The molecule has 5 heteroatoms. The van der Waals surface area contributed by atoms with Gasteiger partial charge in [0.1, 0.15) is 5.76 Å². The van der Waals surface area contributed by atoms with E-state index in [-0.39, 0.29) is 5.91 Å². The molecule has 4 aromatic rings. The molecule has 0 unspecified atom stereocenters. The third kappa shape index (κ3) is 2.45. The summed E-state index contributed by atoms with van der Waals surface area (Å²) in [4.78, 5) is 16.9. The first-order valence-electron chi connectivity index (χ1n) is 8.27. The van der Waals surface area contributed by atoms with E-state index in [1.165, 1.54) is 0 Å². The van der Waals surface area contributed by atoms with Gasteiger partial charge in [-0.25, -0.2) is 4.98 Å². The first-order chi connectivity index (χ1) is 12.7. The molecule has 1 N–H and O–H groups in total. The molecule has 1 amide bonds. The van der Waals surface area contributed by atoms with Gasteiger partial charge in [-0.3, -0.25) is 4.79 Å². The lowest BCUT2D eigenvalue weighted by molar-refractivity contribution is -0.110. The molecule has 4 nitrogen and oxygen atoms in total. The van der Waals surface area contributed by atoms with Gasteiger partial charge in [-0.05, 0) is 49.4 Å². The van der Waals surface area contributed by atoms with Gasteiger partial charge in [-0.15, -0.1) is 11.3 Å². The molecule has 1 aliphatic rings. The second-order valence-corrected chi connectivity index (χ2v) is 7.28. The number of nitrogens with one attached hydrogen (secondary N) is 1. The van der Waals surface area contributed by atoms with Crippen LogP contribution in [0.2, 0.25) is 0 Å². The topological polar surface area (TPSA) is 55.1 Å². The predicted molar refractivity (Wildman–Crippen MR) is 105 cm³/mol. The predicted octanol–water partition coefficient (Wildman–Crippen LogP) is 5.36. The van der Waals surface area contributed by atoms with Crippen molar-refractivity contribution in [2.75, 3.05) is 5.32 Å². The van der Waals surface area contributed by atoms with Crippen molar-refractivity contribution in [2.45, 2.75) is 6.92 Å². The molecule has 0 saturated heterocycles. The summed E-state index contributed by atoms with van der Waals surface area (Å²) in [5.41, 5.74) is 4.44. The Bertz CT molecular complexity index is 1170. The highest BCUT2D eigenvalue weighted by Crippen LogP contribution is 2.35. The number of para-hydroxylation sites is 1. The van der Waals surface area contributed by atoms with Crippen molar-refractivity contribution in [3.05, 3.63) is 71.5 Å². The minimum atomic E-state index is -0.108. The maximum atomic E-state index is 12.3. The Labute approximate surface area is 153 Å². The number of fused-ring (bicyclic) bond motifs is 2. The molecule has 0 aliphatic carbocycles. The highest BCUT2D eigenvalue weighted by Gasteiger charge is 2.24. The summed E-state index contributed by atoms with van der Waals surface area (Å²) in [6.07, 6.45) is 1.79. The number of carbonyl (C=O) groups is 1. The zero-order valence-corrected chi connectivity index (χ0v) is 14.8. The summed E-state index contributed by atoms with van der Waals surface area (Å²) in [7, 11) is 0. The van der Waals surface area contributed by atoms with Crippen molar-refractivity contribution in [2.24, 2.45) is 0 Å². The fraction of sp³-hybridized carbons (Fsp3) is 0.0476. The molecule has 5 rings (SSSR count). The van der Waals surface area contributed by atoms with E-state index in [2.05, 4.69) is 10.3 Å². The monoisotopic (exact) mass is 358 g/mol. The van der Waals surface area contributed by atoms with E-state index >= 15 is 0 Å². The Balaban J connectivity index is 1.54. The SMILES string of the molecule is Cc1ccc2c(c1)/C(=C\c1ccc(-c3nc4ccccc4s3)o1)C(=O)N2. The number of aromatic nitrogens is 1. The van der Waals surface area contributed by atoms with Crippen LogP contribution in [-0.4, -0.2) is 10.9 Å². The number of nitrogens with zero attached hydrogens (tertiary/aromatic N) is 1. The van der Waals surface area contributed by atoms with E-state index in [0.29, 0.717) is 17.1 Å². The van der Waals surface area contributed by atoms with E-state index in [1.54, 1.807) is 17.4 Å². The van der Waals surface area contributed by atoms with Crippen LogP contribution >= 0.6 is 11.3 Å². The van der Waals surface area contributed by atoms with Crippen LogP contribution < -0.4 is 5.32 Å². The van der Waals surface area contributed by atoms with E-state index < -0.39 is 0 Å². The zero-order chi connectivity index (χ0) is 17.7. The van der Waals surface area contributed by atoms with Crippen molar-refractivity contribution >= 4 is 44.8 Å². The fourth-order valence-electron chi connectivity index (χ4n) is 3.11. The molecule has 3 heterocycles. The van der Waals surface area contributed by atoms with E-state index in [4.69, 9.17) is 4.42 Å². The van der Waals surface area contributed by atoms with Crippen LogP contribution in [0.3, 0.4) is 0 Å². The van der Waals surface area contributed by atoms with Gasteiger partial charge >= 0.3 is 0 Å². The highest BCUT2D eigenvalue weighted by molar-refractivity contribution is 7.21. The number of anilines is 1. The number of rotatable bonds is 2. The van der Waals surface area contributed by atoms with Crippen LogP contribution in [0, 0.1) is 6.92 Å². The first-order valence-corrected chi connectivity index (χ1v) is 9.09. The number of hydrogen-bond donors (Lipinski definition) is 1. The largest absolute Gasteiger partial charge is 0.454 e. The summed E-state index contributed by atoms with van der Waals surface area (Å²) >= 11 is 1.59. The molecule has 1 aliphatic heterocycles. The first kappa shape index (κ1) is 15.1. The van der Waals surface area contributed by atoms with Gasteiger partial charge in [0.25, 0.3) is 5.91 Å². The summed E-state index contributed by atoms with van der Waals surface area (Å²) in [6.45, 7) is 2.01. The molecule has 26 heavy (non-hydrogen) atoms. The summed E-state index contributed by atoms with van der Waals surface area (Å²) in [5.74, 6) is 1.24. The quantitative estimate of drug-likeness (QED) is 0.491. The molecule has 0 radical (unpaired) electrons. The number of amides is 1. The molecule has 0 bridgehead atoms. The van der Waals surface area contributed by atoms with Gasteiger partial charge < -0.3 is 9.73 Å². The highest BCUT2D eigenvalue weighted by atomic mass is 32.1. The van der Waals surface area contributed by atoms with Crippen LogP contribution in [0.5, 0.6) is 0 Å². The molecular formula is C21H14N2O2S. The molecule has 2 aromatic carbocycles. The van der Waals surface area contributed by atoms with Gasteiger partial charge in [0, 0.05) is 11.3 Å². The second kappa shape index (κ2) is 5.68. The molecule has 0 fully saturated rings. The van der Waals surface area contributed by atoms with Gasteiger partial charge in [-0.2, -0.15) is 0 Å². The Hall–Kier alpha value is -3.18. The maximum absolute atomic E-state index is 12.3. The van der Waals surface area contributed by atoms with Crippen molar-refractivity contribution in [3.63, 3.8) is 0 Å². The second-order valence-electron chi connectivity index (χ2n) is 6.25. The fourth-order valence-corrected chi connectivity index (χ4v) is 4.04. The number of furan rings is 1. The van der Waals surface area contributed by atoms with E-state index in [1.807, 2.05) is 61.5 Å². The third-order valence-corrected chi connectivity index (χ3v) is 5.43. The third-order valence-electron chi connectivity index (χ3n) is 4.38. The van der Waals surface area contributed by atoms with Crippen molar-refractivity contribution in [1.29, 1.82) is 0 Å².